The molecule has 1 saturated carbocycles. The summed E-state index contributed by atoms with van der Waals surface area (Å²) in [5.74, 6) is -0.334. The summed E-state index contributed by atoms with van der Waals surface area (Å²) >= 11 is 0. The SMILES string of the molecule is C=C[C@H]1C[C@H](O)C2OC(C)(C)O[C@@H]21. The Kier molecular flexibility index (Phi) is 1.98. The van der Waals surface area contributed by atoms with Gasteiger partial charge in [0, 0.05) is 5.92 Å². The highest BCUT2D eigenvalue weighted by Crippen LogP contribution is 2.41. The molecule has 1 heterocycles. The van der Waals surface area contributed by atoms with Crippen LogP contribution in [0.4, 0.5) is 0 Å². The van der Waals surface area contributed by atoms with Gasteiger partial charge in [-0.15, -0.1) is 6.58 Å². The monoisotopic (exact) mass is 184 g/mol. The van der Waals surface area contributed by atoms with Crippen LogP contribution < -0.4 is 0 Å². The molecule has 0 bridgehead atoms. The average molecular weight is 184 g/mol. The number of aliphatic hydroxyl groups excluding tert-OH is 1. The quantitative estimate of drug-likeness (QED) is 0.620. The summed E-state index contributed by atoms with van der Waals surface area (Å²) in [6.45, 7) is 7.49. The molecule has 0 amide bonds. The number of hydrogen-bond acceptors (Lipinski definition) is 3. The molecule has 0 aromatic carbocycles. The molecule has 2 fully saturated rings. The lowest BCUT2D eigenvalue weighted by atomic mass is 10.1. The molecule has 3 heteroatoms. The van der Waals surface area contributed by atoms with Crippen LogP contribution in [0.3, 0.4) is 0 Å². The van der Waals surface area contributed by atoms with Crippen molar-refractivity contribution in [2.75, 3.05) is 0 Å². The Bertz CT molecular complexity index is 224. The smallest absolute Gasteiger partial charge is 0.163 e. The summed E-state index contributed by atoms with van der Waals surface area (Å²) in [6, 6.07) is 0. The van der Waals surface area contributed by atoms with E-state index in [0.29, 0.717) is 6.42 Å². The van der Waals surface area contributed by atoms with Crippen molar-refractivity contribution in [3.8, 4) is 0 Å². The Morgan fingerprint density at radius 3 is 2.62 bits per heavy atom. The summed E-state index contributed by atoms with van der Waals surface area (Å²) in [4.78, 5) is 0. The van der Waals surface area contributed by atoms with E-state index in [-0.39, 0.29) is 18.1 Å². The van der Waals surface area contributed by atoms with Gasteiger partial charge >= 0.3 is 0 Å². The molecule has 0 radical (unpaired) electrons. The number of ether oxygens (including phenoxy) is 2. The van der Waals surface area contributed by atoms with Crippen LogP contribution in [-0.2, 0) is 9.47 Å². The topological polar surface area (TPSA) is 38.7 Å². The molecular formula is C10H16O3. The maximum Gasteiger partial charge on any atom is 0.163 e. The van der Waals surface area contributed by atoms with Crippen LogP contribution in [0, 0.1) is 5.92 Å². The highest BCUT2D eigenvalue weighted by Gasteiger charge is 2.52. The second-order valence-electron chi connectivity index (χ2n) is 4.27. The molecule has 1 unspecified atom stereocenters. The van der Waals surface area contributed by atoms with Crippen molar-refractivity contribution in [3.05, 3.63) is 12.7 Å². The Morgan fingerprint density at radius 2 is 2.00 bits per heavy atom. The zero-order valence-electron chi connectivity index (χ0n) is 8.06. The maximum absolute atomic E-state index is 9.68. The zero-order valence-corrected chi connectivity index (χ0v) is 8.06. The minimum Gasteiger partial charge on any atom is -0.390 e. The van der Waals surface area contributed by atoms with Crippen LogP contribution in [0.1, 0.15) is 20.3 Å². The Hall–Kier alpha value is -0.380. The zero-order chi connectivity index (χ0) is 9.64. The first-order valence-corrected chi connectivity index (χ1v) is 4.70. The summed E-state index contributed by atoms with van der Waals surface area (Å²) in [6.07, 6.45) is 1.96. The van der Waals surface area contributed by atoms with Gasteiger partial charge in [0.15, 0.2) is 5.79 Å². The fourth-order valence-corrected chi connectivity index (χ4v) is 2.22. The third-order valence-corrected chi connectivity index (χ3v) is 2.78. The fourth-order valence-electron chi connectivity index (χ4n) is 2.22. The second kappa shape index (κ2) is 2.80. The lowest BCUT2D eigenvalue weighted by Gasteiger charge is -2.20. The van der Waals surface area contributed by atoms with E-state index in [1.165, 1.54) is 0 Å². The third-order valence-electron chi connectivity index (χ3n) is 2.78. The maximum atomic E-state index is 9.68. The van der Waals surface area contributed by atoms with Gasteiger partial charge in [-0.1, -0.05) is 6.08 Å². The van der Waals surface area contributed by atoms with Crippen LogP contribution >= 0.6 is 0 Å². The molecule has 2 rings (SSSR count). The standard InChI is InChI=1S/C10H16O3/c1-4-6-5-7(11)9-8(6)12-10(2,3)13-9/h4,6-9,11H,1,5H2,2-3H3/t6-,7-,8+,9?/m0/s1. The van der Waals surface area contributed by atoms with Crippen molar-refractivity contribution >= 4 is 0 Å². The van der Waals surface area contributed by atoms with E-state index < -0.39 is 11.9 Å². The van der Waals surface area contributed by atoms with Crippen LogP contribution in [-0.4, -0.2) is 29.2 Å². The van der Waals surface area contributed by atoms with Gasteiger partial charge in [-0.05, 0) is 20.3 Å². The molecule has 1 aliphatic heterocycles. The molecule has 0 spiro atoms. The number of hydrogen-bond donors (Lipinski definition) is 1. The molecule has 1 N–H and O–H groups in total. The molecular weight excluding hydrogens is 168 g/mol. The molecule has 0 aromatic rings. The first-order valence-electron chi connectivity index (χ1n) is 4.70. The Balaban J connectivity index is 2.17. The molecule has 74 valence electrons. The van der Waals surface area contributed by atoms with E-state index in [9.17, 15) is 5.11 Å². The fraction of sp³-hybridized carbons (Fsp3) is 0.800. The van der Waals surface area contributed by atoms with Crippen LogP contribution in [0.5, 0.6) is 0 Å². The first-order chi connectivity index (χ1) is 6.03. The Morgan fingerprint density at radius 1 is 1.38 bits per heavy atom. The van der Waals surface area contributed by atoms with E-state index in [1.807, 2.05) is 19.9 Å². The summed E-state index contributed by atoms with van der Waals surface area (Å²) in [5, 5.41) is 9.68. The summed E-state index contributed by atoms with van der Waals surface area (Å²) in [7, 11) is 0. The number of fused-ring (bicyclic) bond motifs is 1. The second-order valence-corrected chi connectivity index (χ2v) is 4.27. The predicted octanol–water partition coefficient (Wildman–Crippen LogP) is 1.07. The molecule has 2 aliphatic rings. The largest absolute Gasteiger partial charge is 0.390 e. The van der Waals surface area contributed by atoms with Crippen molar-refractivity contribution in [2.45, 2.75) is 44.4 Å². The minimum absolute atomic E-state index is 0.0116. The first kappa shape index (κ1) is 9.19. The normalized spacial score (nSPS) is 47.6. The van der Waals surface area contributed by atoms with Gasteiger partial charge in [0.1, 0.15) is 6.10 Å². The molecule has 0 aromatic heterocycles. The van der Waals surface area contributed by atoms with E-state index in [2.05, 4.69) is 6.58 Å². The van der Waals surface area contributed by atoms with Gasteiger partial charge in [-0.3, -0.25) is 0 Å². The van der Waals surface area contributed by atoms with E-state index in [4.69, 9.17) is 9.47 Å². The van der Waals surface area contributed by atoms with Crippen LogP contribution in [0.2, 0.25) is 0 Å². The van der Waals surface area contributed by atoms with Gasteiger partial charge < -0.3 is 14.6 Å². The van der Waals surface area contributed by atoms with Crippen molar-refractivity contribution in [1.29, 1.82) is 0 Å². The van der Waals surface area contributed by atoms with Gasteiger partial charge in [0.2, 0.25) is 0 Å². The molecule has 3 nitrogen and oxygen atoms in total. The highest BCUT2D eigenvalue weighted by molar-refractivity contribution is 5.03. The summed E-state index contributed by atoms with van der Waals surface area (Å²) in [5.41, 5.74) is 0. The molecule has 1 aliphatic carbocycles. The van der Waals surface area contributed by atoms with E-state index in [0.717, 1.165) is 0 Å². The number of rotatable bonds is 1. The third kappa shape index (κ3) is 1.41. The van der Waals surface area contributed by atoms with Crippen molar-refractivity contribution in [1.82, 2.24) is 0 Å². The van der Waals surface area contributed by atoms with Crippen molar-refractivity contribution in [2.24, 2.45) is 5.92 Å². The predicted molar refractivity (Wildman–Crippen MR) is 48.1 cm³/mol. The van der Waals surface area contributed by atoms with Crippen molar-refractivity contribution in [3.63, 3.8) is 0 Å². The minimum atomic E-state index is -0.558. The van der Waals surface area contributed by atoms with Gasteiger partial charge in [0.05, 0.1) is 12.2 Å². The average Bonchev–Trinajstić information content (AvgIpc) is 2.47. The van der Waals surface area contributed by atoms with Gasteiger partial charge in [-0.2, -0.15) is 0 Å². The van der Waals surface area contributed by atoms with Crippen LogP contribution in [0.25, 0.3) is 0 Å². The molecule has 13 heavy (non-hydrogen) atoms. The van der Waals surface area contributed by atoms with E-state index in [1.54, 1.807) is 0 Å². The Labute approximate surface area is 78.3 Å². The highest BCUT2D eigenvalue weighted by atomic mass is 16.8. The van der Waals surface area contributed by atoms with Gasteiger partial charge in [-0.25, -0.2) is 0 Å². The molecule has 4 atom stereocenters. The molecule has 1 saturated heterocycles. The van der Waals surface area contributed by atoms with Gasteiger partial charge in [0.25, 0.3) is 0 Å². The lowest BCUT2D eigenvalue weighted by molar-refractivity contribution is -0.164. The lowest BCUT2D eigenvalue weighted by Crippen LogP contribution is -2.28. The van der Waals surface area contributed by atoms with E-state index >= 15 is 0 Å². The number of aliphatic hydroxyl groups is 1. The van der Waals surface area contributed by atoms with Crippen molar-refractivity contribution < 1.29 is 14.6 Å². The summed E-state index contributed by atoms with van der Waals surface area (Å²) < 4.78 is 11.3. The van der Waals surface area contributed by atoms with Crippen LogP contribution in [0.15, 0.2) is 12.7 Å².